The highest BCUT2D eigenvalue weighted by atomic mass is 19.1. The fourth-order valence-electron chi connectivity index (χ4n) is 2.65. The first-order valence-electron chi connectivity index (χ1n) is 10.7. The van der Waals surface area contributed by atoms with Crippen molar-refractivity contribution in [2.75, 3.05) is 23.8 Å². The van der Waals surface area contributed by atoms with Crippen LogP contribution in [0.1, 0.15) is 49.4 Å². The van der Waals surface area contributed by atoms with E-state index in [9.17, 15) is 23.6 Å². The molecule has 0 unspecified atom stereocenters. The van der Waals surface area contributed by atoms with Crippen molar-refractivity contribution < 1.29 is 33.0 Å². The van der Waals surface area contributed by atoms with Crippen molar-refractivity contribution in [1.29, 1.82) is 0 Å². The van der Waals surface area contributed by atoms with Gasteiger partial charge < -0.3 is 20.1 Å². The Balaban J connectivity index is 1.63. The smallest absolute Gasteiger partial charge is 0.338 e. The summed E-state index contributed by atoms with van der Waals surface area (Å²) in [6.07, 6.45) is 2.03. The van der Waals surface area contributed by atoms with Crippen molar-refractivity contribution in [2.24, 2.45) is 0 Å². The van der Waals surface area contributed by atoms with E-state index in [4.69, 9.17) is 9.47 Å². The molecule has 0 fully saturated rings. The fourth-order valence-corrected chi connectivity index (χ4v) is 2.65. The van der Waals surface area contributed by atoms with Gasteiger partial charge >= 0.3 is 11.9 Å². The summed E-state index contributed by atoms with van der Waals surface area (Å²) < 4.78 is 22.8. The minimum Gasteiger partial charge on any atom is -0.462 e. The number of carbonyl (C=O) groups excluding carboxylic acids is 4. The number of halogens is 1. The highest BCUT2D eigenvalue weighted by Crippen LogP contribution is 2.12. The van der Waals surface area contributed by atoms with Crippen molar-refractivity contribution in [3.63, 3.8) is 0 Å². The Morgan fingerprint density at radius 2 is 1.39 bits per heavy atom. The maximum absolute atomic E-state index is 12.8. The predicted molar refractivity (Wildman–Crippen MR) is 120 cm³/mol. The van der Waals surface area contributed by atoms with Gasteiger partial charge in [0.05, 0.1) is 12.2 Å². The Bertz CT molecular complexity index is 944. The zero-order valence-corrected chi connectivity index (χ0v) is 18.4. The summed E-state index contributed by atoms with van der Waals surface area (Å²) in [4.78, 5) is 47.4. The van der Waals surface area contributed by atoms with Crippen LogP contribution in [0, 0.1) is 5.82 Å². The number of unbranched alkanes of at least 4 members (excludes halogenated alkanes) is 1. The number of hydrogen-bond donors (Lipinski definition) is 2. The molecule has 0 spiro atoms. The van der Waals surface area contributed by atoms with Crippen LogP contribution in [-0.2, 0) is 23.9 Å². The number of hydrogen-bond acceptors (Lipinski definition) is 6. The number of ether oxygens (including phenoxy) is 2. The third kappa shape index (κ3) is 9.94. The summed E-state index contributed by atoms with van der Waals surface area (Å²) in [6, 6.07) is 11.5. The maximum atomic E-state index is 12.8. The van der Waals surface area contributed by atoms with Crippen LogP contribution in [-0.4, -0.2) is 37.0 Å². The van der Waals surface area contributed by atoms with Gasteiger partial charge in [-0.3, -0.25) is 14.4 Å². The zero-order valence-electron chi connectivity index (χ0n) is 18.4. The molecular weight excluding hydrogens is 431 g/mol. The molecule has 0 aliphatic heterocycles. The first kappa shape index (κ1) is 25.5. The molecule has 0 atom stereocenters. The van der Waals surface area contributed by atoms with Crippen molar-refractivity contribution >= 4 is 35.1 Å². The molecular formula is C24H27FN2O6. The third-order valence-corrected chi connectivity index (χ3v) is 4.41. The minimum atomic E-state index is -0.608. The average Bonchev–Trinajstić information content (AvgIpc) is 2.80. The van der Waals surface area contributed by atoms with Crippen molar-refractivity contribution in [3.05, 3.63) is 59.9 Å². The van der Waals surface area contributed by atoms with E-state index in [1.54, 1.807) is 24.3 Å². The lowest BCUT2D eigenvalue weighted by Crippen LogP contribution is -2.21. The van der Waals surface area contributed by atoms with E-state index in [2.05, 4.69) is 10.6 Å². The monoisotopic (exact) mass is 458 g/mol. The topological polar surface area (TPSA) is 111 Å². The molecule has 176 valence electrons. The predicted octanol–water partition coefficient (Wildman–Crippen LogP) is 4.07. The quantitative estimate of drug-likeness (QED) is 0.366. The summed E-state index contributed by atoms with van der Waals surface area (Å²) in [5.41, 5.74) is 1.30. The first-order chi connectivity index (χ1) is 15.9. The summed E-state index contributed by atoms with van der Waals surface area (Å²) in [5.74, 6) is -2.29. The van der Waals surface area contributed by atoms with Crippen LogP contribution in [0.25, 0.3) is 0 Å². The van der Waals surface area contributed by atoms with Gasteiger partial charge in [-0.25, -0.2) is 9.18 Å². The normalized spacial score (nSPS) is 10.2. The van der Waals surface area contributed by atoms with Gasteiger partial charge in [0.1, 0.15) is 5.82 Å². The van der Waals surface area contributed by atoms with Crippen molar-refractivity contribution in [3.8, 4) is 0 Å². The molecule has 0 saturated heterocycles. The molecule has 2 rings (SSSR count). The van der Waals surface area contributed by atoms with Crippen LogP contribution in [0.15, 0.2) is 48.5 Å². The molecule has 0 aliphatic carbocycles. The van der Waals surface area contributed by atoms with E-state index in [-0.39, 0.29) is 25.2 Å². The lowest BCUT2D eigenvalue weighted by molar-refractivity contribution is -0.147. The first-order valence-corrected chi connectivity index (χ1v) is 10.7. The van der Waals surface area contributed by atoms with Crippen LogP contribution in [0.2, 0.25) is 0 Å². The molecule has 0 heterocycles. The Morgan fingerprint density at radius 3 is 2.03 bits per heavy atom. The van der Waals surface area contributed by atoms with Gasteiger partial charge in [0.25, 0.3) is 5.91 Å². The van der Waals surface area contributed by atoms with Gasteiger partial charge in [-0.05, 0) is 61.4 Å². The molecule has 8 nitrogen and oxygen atoms in total. The van der Waals surface area contributed by atoms with Gasteiger partial charge in [-0.15, -0.1) is 0 Å². The molecule has 2 amide bonds. The molecule has 0 bridgehead atoms. The number of benzene rings is 2. The third-order valence-electron chi connectivity index (χ3n) is 4.41. The van der Waals surface area contributed by atoms with Crippen molar-refractivity contribution in [2.45, 2.75) is 39.0 Å². The highest BCUT2D eigenvalue weighted by Gasteiger charge is 2.11. The van der Waals surface area contributed by atoms with Gasteiger partial charge in [-0.2, -0.15) is 0 Å². The molecule has 2 aromatic rings. The number of esters is 2. The second-order valence-electron chi connectivity index (χ2n) is 7.18. The zero-order chi connectivity index (χ0) is 24.1. The number of nitrogens with one attached hydrogen (secondary N) is 2. The molecule has 0 saturated carbocycles. The summed E-state index contributed by atoms with van der Waals surface area (Å²) in [5, 5.41) is 5.16. The summed E-state index contributed by atoms with van der Waals surface area (Å²) in [6.45, 7) is 1.90. The van der Waals surface area contributed by atoms with Crippen LogP contribution >= 0.6 is 0 Å². The lowest BCUT2D eigenvalue weighted by Gasteiger charge is -2.08. The van der Waals surface area contributed by atoms with E-state index < -0.39 is 30.3 Å². The second kappa shape index (κ2) is 13.6. The van der Waals surface area contributed by atoms with E-state index in [0.717, 1.165) is 12.8 Å². The standard InChI is InChI=1S/C24H27FN2O6/c1-2-3-15-32-24(31)17-7-11-19(12-8-17)26-21(28)5-4-6-23(30)33-16-22(29)27-20-13-9-18(25)10-14-20/h7-14H,2-6,15-16H2,1H3,(H,26,28)(H,27,29). The molecule has 0 aliphatic rings. The maximum Gasteiger partial charge on any atom is 0.338 e. The molecule has 9 heteroatoms. The van der Waals surface area contributed by atoms with E-state index in [0.29, 0.717) is 23.5 Å². The molecule has 0 radical (unpaired) electrons. The van der Waals surface area contributed by atoms with Crippen molar-refractivity contribution in [1.82, 2.24) is 0 Å². The van der Waals surface area contributed by atoms with Gasteiger partial charge in [0.2, 0.25) is 5.91 Å². The van der Waals surface area contributed by atoms with E-state index in [1.807, 2.05) is 6.92 Å². The Hall–Kier alpha value is -3.75. The number of amides is 2. The fraction of sp³-hybridized carbons (Fsp3) is 0.333. The van der Waals surface area contributed by atoms with Crippen LogP contribution < -0.4 is 10.6 Å². The molecule has 0 aromatic heterocycles. The molecule has 2 aromatic carbocycles. The average molecular weight is 458 g/mol. The Labute approximate surface area is 191 Å². The SMILES string of the molecule is CCCCOC(=O)c1ccc(NC(=O)CCCC(=O)OCC(=O)Nc2ccc(F)cc2)cc1. The van der Waals surface area contributed by atoms with Gasteiger partial charge in [0, 0.05) is 24.2 Å². The van der Waals surface area contributed by atoms with Gasteiger partial charge in [-0.1, -0.05) is 13.3 Å². The van der Waals surface area contributed by atoms with Gasteiger partial charge in [0.15, 0.2) is 6.61 Å². The minimum absolute atomic E-state index is 0.0280. The number of rotatable bonds is 12. The highest BCUT2D eigenvalue weighted by molar-refractivity contribution is 5.94. The Morgan fingerprint density at radius 1 is 0.788 bits per heavy atom. The molecule has 2 N–H and O–H groups in total. The van der Waals surface area contributed by atoms with E-state index >= 15 is 0 Å². The largest absolute Gasteiger partial charge is 0.462 e. The number of carbonyl (C=O) groups is 4. The number of anilines is 2. The van der Waals surface area contributed by atoms with E-state index in [1.165, 1.54) is 24.3 Å². The summed E-state index contributed by atoms with van der Waals surface area (Å²) >= 11 is 0. The van der Waals surface area contributed by atoms with Crippen LogP contribution in [0.3, 0.4) is 0 Å². The van der Waals surface area contributed by atoms with Crippen LogP contribution in [0.5, 0.6) is 0 Å². The second-order valence-corrected chi connectivity index (χ2v) is 7.18. The molecule has 33 heavy (non-hydrogen) atoms. The lowest BCUT2D eigenvalue weighted by atomic mass is 10.2. The summed E-state index contributed by atoms with van der Waals surface area (Å²) in [7, 11) is 0. The van der Waals surface area contributed by atoms with Crippen LogP contribution in [0.4, 0.5) is 15.8 Å². The Kier molecular flexibility index (Phi) is 10.5.